The zero-order valence-electron chi connectivity index (χ0n) is 18.8. The molecule has 0 fully saturated rings. The van der Waals surface area contributed by atoms with Crippen molar-refractivity contribution in [2.45, 2.75) is 19.8 Å². The molecule has 7 heteroatoms. The van der Waals surface area contributed by atoms with E-state index in [1.807, 2.05) is 66.7 Å². The van der Waals surface area contributed by atoms with Crippen molar-refractivity contribution in [3.8, 4) is 34.0 Å². The Morgan fingerprint density at radius 2 is 1.71 bits per heavy atom. The van der Waals surface area contributed by atoms with E-state index in [4.69, 9.17) is 4.74 Å². The number of hydrogen-bond donors (Lipinski definition) is 2. The third kappa shape index (κ3) is 6.20. The van der Waals surface area contributed by atoms with Gasteiger partial charge in [-0.15, -0.1) is 0 Å². The molecule has 1 aromatic heterocycles. The van der Waals surface area contributed by atoms with Crippen molar-refractivity contribution in [1.82, 2.24) is 9.97 Å². The predicted molar refractivity (Wildman–Crippen MR) is 140 cm³/mol. The molecule has 0 bridgehead atoms. The Hall–Kier alpha value is -3.71. The second kappa shape index (κ2) is 11.4. The molecule has 0 radical (unpaired) electrons. The summed E-state index contributed by atoms with van der Waals surface area (Å²) in [7, 11) is 0. The number of nitrogens with one attached hydrogen (secondary N) is 1. The third-order valence-electron chi connectivity index (χ3n) is 5.07. The minimum Gasteiger partial charge on any atom is -0.507 e. The molecule has 4 rings (SSSR count). The largest absolute Gasteiger partial charge is 0.507 e. The highest BCUT2D eigenvalue weighted by molar-refractivity contribution is 9.10. The smallest absolute Gasteiger partial charge is 0.244 e. The Bertz CT molecular complexity index is 1260. The Labute approximate surface area is 207 Å². The summed E-state index contributed by atoms with van der Waals surface area (Å²) in [5.41, 5.74) is 6.70. The number of hydrazone groups is 1. The molecule has 0 spiro atoms. The number of phenolic OH excluding ortho intramolecular Hbond substituents is 1. The molecule has 0 aliphatic rings. The van der Waals surface area contributed by atoms with Crippen LogP contribution in [-0.4, -0.2) is 27.9 Å². The summed E-state index contributed by atoms with van der Waals surface area (Å²) >= 11 is 3.46. The normalized spacial score (nSPS) is 11.0. The molecule has 0 saturated heterocycles. The number of phenols is 1. The van der Waals surface area contributed by atoms with Gasteiger partial charge in [0.2, 0.25) is 5.95 Å². The van der Waals surface area contributed by atoms with Gasteiger partial charge < -0.3 is 9.84 Å². The highest BCUT2D eigenvalue weighted by Crippen LogP contribution is 2.31. The van der Waals surface area contributed by atoms with E-state index >= 15 is 0 Å². The summed E-state index contributed by atoms with van der Waals surface area (Å²) in [5, 5.41) is 14.7. The lowest BCUT2D eigenvalue weighted by Crippen LogP contribution is -2.00. The van der Waals surface area contributed by atoms with Gasteiger partial charge in [-0.2, -0.15) is 5.10 Å². The molecule has 0 saturated carbocycles. The number of rotatable bonds is 9. The summed E-state index contributed by atoms with van der Waals surface area (Å²) in [5.74, 6) is 1.32. The SMILES string of the molecule is CCCCOc1ccc(/C=N\Nc2nc(-c3ccc(Br)cc3)cc(-c3ccccc3O)n2)cc1. The minimum atomic E-state index is 0.152. The maximum Gasteiger partial charge on any atom is 0.244 e. The van der Waals surface area contributed by atoms with E-state index in [1.54, 1.807) is 18.3 Å². The van der Waals surface area contributed by atoms with Gasteiger partial charge in [-0.25, -0.2) is 15.4 Å². The van der Waals surface area contributed by atoms with Gasteiger partial charge in [0, 0.05) is 15.6 Å². The van der Waals surface area contributed by atoms with Gasteiger partial charge in [0.1, 0.15) is 11.5 Å². The molecule has 1 heterocycles. The molecule has 4 aromatic rings. The van der Waals surface area contributed by atoms with Crippen LogP contribution in [0.3, 0.4) is 0 Å². The second-order valence-electron chi connectivity index (χ2n) is 7.63. The van der Waals surface area contributed by atoms with Gasteiger partial charge in [0.25, 0.3) is 0 Å². The number of halogens is 1. The van der Waals surface area contributed by atoms with Gasteiger partial charge in [0.05, 0.1) is 24.2 Å². The first-order chi connectivity index (χ1) is 16.6. The van der Waals surface area contributed by atoms with Gasteiger partial charge >= 0.3 is 0 Å². The van der Waals surface area contributed by atoms with Gasteiger partial charge in [-0.05, 0) is 66.6 Å². The Kier molecular flexibility index (Phi) is 7.88. The minimum absolute atomic E-state index is 0.152. The van der Waals surface area contributed by atoms with Crippen LogP contribution in [0.25, 0.3) is 22.5 Å². The van der Waals surface area contributed by atoms with Crippen LogP contribution in [-0.2, 0) is 0 Å². The third-order valence-corrected chi connectivity index (χ3v) is 5.60. The Morgan fingerprint density at radius 3 is 2.44 bits per heavy atom. The lowest BCUT2D eigenvalue weighted by molar-refractivity contribution is 0.309. The maximum absolute atomic E-state index is 10.3. The van der Waals surface area contributed by atoms with Crippen molar-refractivity contribution in [2.24, 2.45) is 5.10 Å². The van der Waals surface area contributed by atoms with Crippen molar-refractivity contribution in [3.63, 3.8) is 0 Å². The van der Waals surface area contributed by atoms with Crippen molar-refractivity contribution < 1.29 is 9.84 Å². The van der Waals surface area contributed by atoms with E-state index in [9.17, 15) is 5.11 Å². The van der Waals surface area contributed by atoms with Gasteiger partial charge in [-0.1, -0.05) is 53.5 Å². The van der Waals surface area contributed by atoms with Crippen LogP contribution in [0.1, 0.15) is 25.3 Å². The maximum atomic E-state index is 10.3. The molecule has 3 aromatic carbocycles. The van der Waals surface area contributed by atoms with Crippen molar-refractivity contribution >= 4 is 28.1 Å². The zero-order chi connectivity index (χ0) is 23.8. The molecule has 0 unspecified atom stereocenters. The average Bonchev–Trinajstić information content (AvgIpc) is 2.86. The number of ether oxygens (including phenoxy) is 1. The molecule has 34 heavy (non-hydrogen) atoms. The number of para-hydroxylation sites is 1. The zero-order valence-corrected chi connectivity index (χ0v) is 20.4. The molecule has 0 atom stereocenters. The fraction of sp³-hybridized carbons (Fsp3) is 0.148. The van der Waals surface area contributed by atoms with E-state index in [-0.39, 0.29) is 5.75 Å². The number of hydrogen-bond acceptors (Lipinski definition) is 6. The first kappa shape index (κ1) is 23.4. The summed E-state index contributed by atoms with van der Waals surface area (Å²) in [4.78, 5) is 9.19. The van der Waals surface area contributed by atoms with Crippen LogP contribution in [0.2, 0.25) is 0 Å². The first-order valence-corrected chi connectivity index (χ1v) is 11.9. The van der Waals surface area contributed by atoms with Gasteiger partial charge in [0.15, 0.2) is 0 Å². The quantitative estimate of drug-likeness (QED) is 0.143. The van der Waals surface area contributed by atoms with E-state index in [1.165, 1.54) is 0 Å². The van der Waals surface area contributed by atoms with Crippen LogP contribution in [0.5, 0.6) is 11.5 Å². The Morgan fingerprint density at radius 1 is 0.971 bits per heavy atom. The van der Waals surface area contributed by atoms with Crippen LogP contribution in [0.4, 0.5) is 5.95 Å². The molecule has 0 aliphatic carbocycles. The standard InChI is InChI=1S/C27H25BrN4O2/c1-2-3-16-34-22-14-8-19(9-15-22)18-29-32-27-30-24(20-10-12-21(28)13-11-20)17-25(31-27)23-6-4-5-7-26(23)33/h4-15,17-18,33H,2-3,16H2,1H3,(H,30,31,32)/b29-18-. The number of aromatic hydroxyl groups is 1. The van der Waals surface area contributed by atoms with Crippen molar-refractivity contribution in [1.29, 1.82) is 0 Å². The number of benzene rings is 3. The van der Waals surface area contributed by atoms with Crippen LogP contribution >= 0.6 is 15.9 Å². The van der Waals surface area contributed by atoms with Crippen molar-refractivity contribution in [3.05, 3.63) is 88.9 Å². The molecular weight excluding hydrogens is 492 g/mol. The summed E-state index contributed by atoms with van der Waals surface area (Å²) in [6, 6.07) is 24.5. The van der Waals surface area contributed by atoms with Crippen LogP contribution in [0, 0.1) is 0 Å². The number of unbranched alkanes of at least 4 members (excludes halogenated alkanes) is 1. The average molecular weight is 517 g/mol. The highest BCUT2D eigenvalue weighted by atomic mass is 79.9. The summed E-state index contributed by atoms with van der Waals surface area (Å²) < 4.78 is 6.68. The molecule has 6 nitrogen and oxygen atoms in total. The van der Waals surface area contributed by atoms with Crippen molar-refractivity contribution in [2.75, 3.05) is 12.0 Å². The lowest BCUT2D eigenvalue weighted by Gasteiger charge is -2.09. The number of nitrogens with zero attached hydrogens (tertiary/aromatic N) is 3. The van der Waals surface area contributed by atoms with E-state index in [0.29, 0.717) is 22.9 Å². The van der Waals surface area contributed by atoms with E-state index in [0.717, 1.165) is 40.8 Å². The monoisotopic (exact) mass is 516 g/mol. The highest BCUT2D eigenvalue weighted by Gasteiger charge is 2.11. The molecule has 172 valence electrons. The predicted octanol–water partition coefficient (Wildman–Crippen LogP) is 6.90. The number of aromatic nitrogens is 2. The fourth-order valence-electron chi connectivity index (χ4n) is 3.24. The first-order valence-electron chi connectivity index (χ1n) is 11.1. The van der Waals surface area contributed by atoms with E-state index in [2.05, 4.69) is 43.3 Å². The topological polar surface area (TPSA) is 79.6 Å². The van der Waals surface area contributed by atoms with Crippen LogP contribution in [0.15, 0.2) is 88.4 Å². The lowest BCUT2D eigenvalue weighted by atomic mass is 10.1. The molecule has 0 aliphatic heterocycles. The summed E-state index contributed by atoms with van der Waals surface area (Å²) in [6.07, 6.45) is 3.84. The van der Waals surface area contributed by atoms with Crippen LogP contribution < -0.4 is 10.2 Å². The molecular formula is C27H25BrN4O2. The second-order valence-corrected chi connectivity index (χ2v) is 8.54. The fourth-order valence-corrected chi connectivity index (χ4v) is 3.51. The Balaban J connectivity index is 1.57. The van der Waals surface area contributed by atoms with Gasteiger partial charge in [-0.3, -0.25) is 0 Å². The van der Waals surface area contributed by atoms with E-state index < -0.39 is 0 Å². The molecule has 0 amide bonds. The number of anilines is 1. The summed E-state index contributed by atoms with van der Waals surface area (Å²) in [6.45, 7) is 2.86. The molecule has 2 N–H and O–H groups in total.